The van der Waals surface area contributed by atoms with Gasteiger partial charge in [0, 0.05) is 6.54 Å². The van der Waals surface area contributed by atoms with Crippen molar-refractivity contribution in [1.82, 2.24) is 10.3 Å². The van der Waals surface area contributed by atoms with Gasteiger partial charge in [0.2, 0.25) is 0 Å². The van der Waals surface area contributed by atoms with Gasteiger partial charge in [-0.15, -0.1) is 0 Å². The lowest BCUT2D eigenvalue weighted by atomic mass is 9.99. The third-order valence-corrected chi connectivity index (χ3v) is 2.73. The zero-order valence-corrected chi connectivity index (χ0v) is 11.2. The minimum atomic E-state index is 0.461. The summed E-state index contributed by atoms with van der Waals surface area (Å²) in [7, 11) is 3.74. The van der Waals surface area contributed by atoms with E-state index in [-0.39, 0.29) is 0 Å². The van der Waals surface area contributed by atoms with E-state index in [2.05, 4.69) is 36.3 Å². The number of nitrogens with zero attached hydrogens (tertiary/aromatic N) is 1. The quantitative estimate of drug-likeness (QED) is 0.449. The van der Waals surface area contributed by atoms with Crippen molar-refractivity contribution in [3.63, 3.8) is 0 Å². The fourth-order valence-corrected chi connectivity index (χ4v) is 1.86. The van der Waals surface area contributed by atoms with Crippen molar-refractivity contribution < 1.29 is 4.74 Å². The molecule has 3 N–H and O–H groups in total. The van der Waals surface area contributed by atoms with Crippen LogP contribution in [0.4, 0.5) is 0 Å². The molecule has 4 nitrogen and oxygen atoms in total. The van der Waals surface area contributed by atoms with Crippen molar-refractivity contribution in [2.45, 2.75) is 26.3 Å². The van der Waals surface area contributed by atoms with E-state index < -0.39 is 0 Å². The van der Waals surface area contributed by atoms with Crippen LogP contribution < -0.4 is 16.0 Å². The molecule has 0 spiro atoms. The predicted octanol–water partition coefficient (Wildman–Crippen LogP) is 1.67. The number of hydrogen-bond donors (Lipinski definition) is 2. The topological polar surface area (TPSA) is 50.5 Å². The Balaban J connectivity index is 2.84. The normalized spacial score (nSPS) is 11.2. The zero-order chi connectivity index (χ0) is 12.8. The molecule has 0 saturated heterocycles. The Bertz CT molecular complexity index is 353. The first kappa shape index (κ1) is 14.0. The molecule has 0 aromatic heterocycles. The van der Waals surface area contributed by atoms with Crippen molar-refractivity contribution in [1.29, 1.82) is 0 Å². The summed E-state index contributed by atoms with van der Waals surface area (Å²) in [4.78, 5) is 2.12. The van der Waals surface area contributed by atoms with E-state index in [4.69, 9.17) is 10.6 Å². The molecule has 0 aliphatic rings. The van der Waals surface area contributed by atoms with Gasteiger partial charge in [-0.3, -0.25) is 10.7 Å². The summed E-state index contributed by atoms with van der Waals surface area (Å²) in [5, 5.41) is 0. The molecule has 0 radical (unpaired) electrons. The molecule has 0 heterocycles. The summed E-state index contributed by atoms with van der Waals surface area (Å²) >= 11 is 0. The highest BCUT2D eigenvalue weighted by atomic mass is 16.5. The Hall–Kier alpha value is -1.10. The van der Waals surface area contributed by atoms with E-state index in [9.17, 15) is 0 Å². The van der Waals surface area contributed by atoms with Crippen molar-refractivity contribution >= 4 is 0 Å². The highest BCUT2D eigenvalue weighted by Crippen LogP contribution is 2.27. The van der Waals surface area contributed by atoms with Gasteiger partial charge in [0.05, 0.1) is 13.8 Å². The molecule has 0 fully saturated rings. The number of nitrogens with two attached hydrogens (primary N) is 1. The van der Waals surface area contributed by atoms with Crippen LogP contribution in [0.25, 0.3) is 0 Å². The molecule has 96 valence electrons. The van der Waals surface area contributed by atoms with Gasteiger partial charge in [0.1, 0.15) is 5.75 Å². The zero-order valence-electron chi connectivity index (χ0n) is 11.2. The molecule has 1 aromatic rings. The molecule has 4 heteroatoms. The summed E-state index contributed by atoms with van der Waals surface area (Å²) < 4.78 is 5.37. The number of ether oxygens (including phenoxy) is 1. The third kappa shape index (κ3) is 4.00. The minimum absolute atomic E-state index is 0.461. The highest BCUT2D eigenvalue weighted by molar-refractivity contribution is 5.39. The monoisotopic (exact) mass is 237 g/mol. The fourth-order valence-electron chi connectivity index (χ4n) is 1.86. The van der Waals surface area contributed by atoms with E-state index in [1.165, 1.54) is 11.1 Å². The maximum absolute atomic E-state index is 5.37. The first-order valence-electron chi connectivity index (χ1n) is 5.87. The van der Waals surface area contributed by atoms with Gasteiger partial charge < -0.3 is 4.74 Å². The largest absolute Gasteiger partial charge is 0.496 e. The van der Waals surface area contributed by atoms with Gasteiger partial charge in [-0.1, -0.05) is 26.0 Å². The number of methoxy groups -OCH3 is 1. The van der Waals surface area contributed by atoms with Crippen LogP contribution in [-0.2, 0) is 6.54 Å². The second-order valence-electron chi connectivity index (χ2n) is 4.61. The van der Waals surface area contributed by atoms with E-state index in [1.807, 2.05) is 13.1 Å². The molecule has 0 aliphatic heterocycles. The predicted molar refractivity (Wildman–Crippen MR) is 70.7 cm³/mol. The average Bonchev–Trinajstić information content (AvgIpc) is 2.29. The summed E-state index contributed by atoms with van der Waals surface area (Å²) in [6.07, 6.45) is 0. The van der Waals surface area contributed by atoms with Crippen molar-refractivity contribution in [2.24, 2.45) is 5.84 Å². The fraction of sp³-hybridized carbons (Fsp3) is 0.538. The van der Waals surface area contributed by atoms with Gasteiger partial charge in [-0.25, -0.2) is 5.43 Å². The molecule has 0 aliphatic carbocycles. The number of benzene rings is 1. The molecule has 17 heavy (non-hydrogen) atoms. The van der Waals surface area contributed by atoms with Gasteiger partial charge in [0.25, 0.3) is 0 Å². The van der Waals surface area contributed by atoms with Gasteiger partial charge >= 0.3 is 0 Å². The number of nitrogens with one attached hydrogen (secondary N) is 1. The van der Waals surface area contributed by atoms with Crippen LogP contribution in [0.5, 0.6) is 5.75 Å². The van der Waals surface area contributed by atoms with Crippen molar-refractivity contribution in [2.75, 3.05) is 20.8 Å². The average molecular weight is 237 g/mol. The van der Waals surface area contributed by atoms with Crippen LogP contribution in [0.15, 0.2) is 18.2 Å². The number of hydrazine groups is 1. The molecular formula is C13H23N3O. The SMILES string of the molecule is COc1ccc(CN(C)CNN)cc1C(C)C. The second-order valence-corrected chi connectivity index (χ2v) is 4.61. The standard InChI is InChI=1S/C13H23N3O/c1-10(2)12-7-11(5-6-13(12)17-4)8-16(3)9-15-14/h5-7,10,15H,8-9,14H2,1-4H3. The van der Waals surface area contributed by atoms with Gasteiger partial charge in [-0.2, -0.15) is 0 Å². The van der Waals surface area contributed by atoms with Crippen LogP contribution in [0.1, 0.15) is 30.9 Å². The van der Waals surface area contributed by atoms with Crippen LogP contribution in [0.2, 0.25) is 0 Å². The maximum atomic E-state index is 5.37. The van der Waals surface area contributed by atoms with Crippen LogP contribution in [0, 0.1) is 0 Å². The Kier molecular flexibility index (Phi) is 5.41. The Morgan fingerprint density at radius 3 is 2.65 bits per heavy atom. The number of hydrogen-bond acceptors (Lipinski definition) is 4. The minimum Gasteiger partial charge on any atom is -0.496 e. The van der Waals surface area contributed by atoms with E-state index in [1.54, 1.807) is 7.11 Å². The molecular weight excluding hydrogens is 214 g/mol. The molecule has 1 rings (SSSR count). The van der Waals surface area contributed by atoms with Crippen molar-refractivity contribution in [3.8, 4) is 5.75 Å². The van der Waals surface area contributed by atoms with Crippen molar-refractivity contribution in [3.05, 3.63) is 29.3 Å². The lowest BCUT2D eigenvalue weighted by Crippen LogP contribution is -2.35. The maximum Gasteiger partial charge on any atom is 0.122 e. The van der Waals surface area contributed by atoms with Crippen LogP contribution in [0.3, 0.4) is 0 Å². The lowest BCUT2D eigenvalue weighted by molar-refractivity contribution is 0.301. The molecule has 1 aromatic carbocycles. The summed E-state index contributed by atoms with van der Waals surface area (Å²) in [6, 6.07) is 6.34. The summed E-state index contributed by atoms with van der Waals surface area (Å²) in [5.74, 6) is 6.72. The van der Waals surface area contributed by atoms with E-state index >= 15 is 0 Å². The third-order valence-electron chi connectivity index (χ3n) is 2.73. The second kappa shape index (κ2) is 6.59. The number of rotatable bonds is 6. The molecule has 0 amide bonds. The first-order chi connectivity index (χ1) is 8.08. The lowest BCUT2D eigenvalue weighted by Gasteiger charge is -2.18. The highest BCUT2D eigenvalue weighted by Gasteiger charge is 2.09. The molecule has 0 atom stereocenters. The Morgan fingerprint density at radius 1 is 1.41 bits per heavy atom. The smallest absolute Gasteiger partial charge is 0.122 e. The molecule has 0 saturated carbocycles. The molecule has 0 bridgehead atoms. The van der Waals surface area contributed by atoms with E-state index in [0.717, 1.165) is 12.3 Å². The molecule has 0 unspecified atom stereocenters. The summed E-state index contributed by atoms with van der Waals surface area (Å²) in [5.41, 5.74) is 5.17. The Labute approximate surface area is 104 Å². The van der Waals surface area contributed by atoms with Gasteiger partial charge in [-0.05, 0) is 30.2 Å². The van der Waals surface area contributed by atoms with Crippen LogP contribution >= 0.6 is 0 Å². The Morgan fingerprint density at radius 2 is 2.12 bits per heavy atom. The van der Waals surface area contributed by atoms with Gasteiger partial charge in [0.15, 0.2) is 0 Å². The first-order valence-corrected chi connectivity index (χ1v) is 5.87. The summed E-state index contributed by atoms with van der Waals surface area (Å²) in [6.45, 7) is 5.89. The van der Waals surface area contributed by atoms with E-state index in [0.29, 0.717) is 12.6 Å². The van der Waals surface area contributed by atoms with Crippen LogP contribution in [-0.4, -0.2) is 25.7 Å².